The lowest BCUT2D eigenvalue weighted by molar-refractivity contribution is -0.122. The first-order valence-electron chi connectivity index (χ1n) is 9.65. The first-order chi connectivity index (χ1) is 13.9. The van der Waals surface area contributed by atoms with Crippen molar-refractivity contribution in [2.75, 3.05) is 23.3 Å². The molecule has 1 heterocycles. The van der Waals surface area contributed by atoms with Gasteiger partial charge in [0, 0.05) is 30.2 Å². The molecule has 2 aromatic rings. The van der Waals surface area contributed by atoms with E-state index in [1.54, 1.807) is 35.2 Å². The van der Waals surface area contributed by atoms with Gasteiger partial charge in [0.1, 0.15) is 0 Å². The number of para-hydroxylation sites is 1. The zero-order chi connectivity index (χ0) is 21.0. The van der Waals surface area contributed by atoms with Crippen LogP contribution < -0.4 is 15.5 Å². The molecule has 0 spiro atoms. The van der Waals surface area contributed by atoms with E-state index < -0.39 is 5.92 Å². The highest BCUT2D eigenvalue weighted by atomic mass is 35.5. The van der Waals surface area contributed by atoms with Crippen LogP contribution in [0, 0.1) is 12.8 Å². The van der Waals surface area contributed by atoms with E-state index in [1.807, 2.05) is 26.0 Å². The molecule has 0 saturated carbocycles. The molecule has 152 valence electrons. The molecular weight excluding hydrogens is 390 g/mol. The van der Waals surface area contributed by atoms with E-state index in [4.69, 9.17) is 11.6 Å². The molecule has 2 N–H and O–H groups in total. The molecule has 3 amide bonds. The van der Waals surface area contributed by atoms with Crippen molar-refractivity contribution in [3.05, 3.63) is 58.6 Å². The van der Waals surface area contributed by atoms with Crippen LogP contribution in [0.15, 0.2) is 42.5 Å². The van der Waals surface area contributed by atoms with E-state index in [0.29, 0.717) is 28.5 Å². The quantitative estimate of drug-likeness (QED) is 0.756. The summed E-state index contributed by atoms with van der Waals surface area (Å²) in [5, 5.41) is 6.21. The summed E-state index contributed by atoms with van der Waals surface area (Å²) in [4.78, 5) is 39.2. The third-order valence-corrected chi connectivity index (χ3v) is 5.34. The van der Waals surface area contributed by atoms with Crippen molar-refractivity contribution in [1.29, 1.82) is 0 Å². The summed E-state index contributed by atoms with van der Waals surface area (Å²) >= 11 is 6.17. The summed E-state index contributed by atoms with van der Waals surface area (Å²) in [5.74, 6) is -1.15. The highest BCUT2D eigenvalue weighted by molar-refractivity contribution is 6.31. The Bertz CT molecular complexity index is 945. The Kier molecular flexibility index (Phi) is 6.54. The number of hydrogen-bond acceptors (Lipinski definition) is 3. The number of carbonyl (C=O) groups is 3. The zero-order valence-corrected chi connectivity index (χ0v) is 17.3. The van der Waals surface area contributed by atoms with Gasteiger partial charge < -0.3 is 15.5 Å². The van der Waals surface area contributed by atoms with E-state index >= 15 is 0 Å². The third-order valence-electron chi connectivity index (χ3n) is 4.93. The molecule has 0 bridgehead atoms. The van der Waals surface area contributed by atoms with Crippen LogP contribution in [0.3, 0.4) is 0 Å². The van der Waals surface area contributed by atoms with Gasteiger partial charge in [0.2, 0.25) is 11.8 Å². The average molecular weight is 414 g/mol. The van der Waals surface area contributed by atoms with E-state index in [0.717, 1.165) is 12.0 Å². The van der Waals surface area contributed by atoms with Gasteiger partial charge in [-0.25, -0.2) is 0 Å². The molecule has 2 aromatic carbocycles. The number of nitrogens with one attached hydrogen (secondary N) is 2. The predicted octanol–water partition coefficient (Wildman–Crippen LogP) is 3.78. The molecule has 7 heteroatoms. The molecular formula is C22H24ClN3O3. The fraction of sp³-hybridized carbons (Fsp3) is 0.318. The number of carbonyl (C=O) groups excluding carboxylic acids is 3. The van der Waals surface area contributed by atoms with E-state index in [9.17, 15) is 14.4 Å². The van der Waals surface area contributed by atoms with Crippen molar-refractivity contribution in [3.8, 4) is 0 Å². The van der Waals surface area contributed by atoms with Gasteiger partial charge >= 0.3 is 0 Å². The van der Waals surface area contributed by atoms with E-state index in [1.165, 1.54) is 0 Å². The van der Waals surface area contributed by atoms with Crippen molar-refractivity contribution in [2.24, 2.45) is 5.92 Å². The van der Waals surface area contributed by atoms with Crippen molar-refractivity contribution in [2.45, 2.75) is 26.7 Å². The Labute approximate surface area is 175 Å². The molecule has 0 aromatic heterocycles. The standard InChI is InChI=1S/C22H24ClN3O3/c1-3-10-24-22(29)17-6-4-5-7-19(17)25-21(28)15-11-20(27)26(13-15)16-9-8-14(2)18(23)12-16/h4-9,12,15H,3,10-11,13H2,1-2H3,(H,24,29)(H,25,28)/t15-/m0/s1. The lowest BCUT2D eigenvalue weighted by atomic mass is 10.1. The van der Waals surface area contributed by atoms with Crippen LogP contribution >= 0.6 is 11.6 Å². The minimum absolute atomic E-state index is 0.113. The van der Waals surface area contributed by atoms with Gasteiger partial charge in [-0.2, -0.15) is 0 Å². The molecule has 1 aliphatic rings. The predicted molar refractivity (Wildman–Crippen MR) is 114 cm³/mol. The Balaban J connectivity index is 1.71. The molecule has 1 atom stereocenters. The van der Waals surface area contributed by atoms with Crippen LogP contribution in [0.4, 0.5) is 11.4 Å². The van der Waals surface area contributed by atoms with Crippen LogP contribution in [-0.2, 0) is 9.59 Å². The van der Waals surface area contributed by atoms with E-state index in [2.05, 4.69) is 10.6 Å². The van der Waals surface area contributed by atoms with Crippen LogP contribution in [0.2, 0.25) is 5.02 Å². The molecule has 29 heavy (non-hydrogen) atoms. The highest BCUT2D eigenvalue weighted by Gasteiger charge is 2.35. The van der Waals surface area contributed by atoms with Gasteiger partial charge in [0.05, 0.1) is 17.2 Å². The molecule has 1 fully saturated rings. The van der Waals surface area contributed by atoms with Gasteiger partial charge in [0.15, 0.2) is 0 Å². The number of halogens is 1. The molecule has 1 aliphatic heterocycles. The number of benzene rings is 2. The SMILES string of the molecule is CCCNC(=O)c1ccccc1NC(=O)[C@H]1CC(=O)N(c2ccc(C)c(Cl)c2)C1. The molecule has 0 radical (unpaired) electrons. The number of amides is 3. The Hall–Kier alpha value is -2.86. The lowest BCUT2D eigenvalue weighted by Gasteiger charge is -2.18. The maximum Gasteiger partial charge on any atom is 0.253 e. The summed E-state index contributed by atoms with van der Waals surface area (Å²) in [6.45, 7) is 4.70. The summed E-state index contributed by atoms with van der Waals surface area (Å²) in [5.41, 5.74) is 2.45. The summed E-state index contributed by atoms with van der Waals surface area (Å²) in [6, 6.07) is 12.3. The zero-order valence-electron chi connectivity index (χ0n) is 16.5. The number of aryl methyl sites for hydroxylation is 1. The second kappa shape index (κ2) is 9.09. The molecule has 3 rings (SSSR count). The topological polar surface area (TPSA) is 78.5 Å². The maximum absolute atomic E-state index is 12.8. The van der Waals surface area contributed by atoms with Crippen LogP contribution in [-0.4, -0.2) is 30.8 Å². The molecule has 0 aliphatic carbocycles. The number of nitrogens with zero attached hydrogens (tertiary/aromatic N) is 1. The first kappa shape index (κ1) is 20.9. The minimum Gasteiger partial charge on any atom is -0.352 e. The van der Waals surface area contributed by atoms with Crippen LogP contribution in [0.5, 0.6) is 0 Å². The van der Waals surface area contributed by atoms with E-state index in [-0.39, 0.29) is 30.7 Å². The van der Waals surface area contributed by atoms with Crippen LogP contribution in [0.1, 0.15) is 35.7 Å². The second-order valence-electron chi connectivity index (χ2n) is 7.13. The Morgan fingerprint density at radius 3 is 2.69 bits per heavy atom. The van der Waals surface area contributed by atoms with Gasteiger partial charge in [-0.05, 0) is 43.2 Å². The third kappa shape index (κ3) is 4.77. The summed E-state index contributed by atoms with van der Waals surface area (Å²) < 4.78 is 0. The van der Waals surface area contributed by atoms with Crippen LogP contribution in [0.25, 0.3) is 0 Å². The van der Waals surface area contributed by atoms with Crippen molar-refractivity contribution < 1.29 is 14.4 Å². The Morgan fingerprint density at radius 2 is 1.97 bits per heavy atom. The summed E-state index contributed by atoms with van der Waals surface area (Å²) in [7, 11) is 0. The normalized spacial score (nSPS) is 16.0. The average Bonchev–Trinajstić information content (AvgIpc) is 3.10. The second-order valence-corrected chi connectivity index (χ2v) is 7.54. The number of rotatable bonds is 6. The van der Waals surface area contributed by atoms with Crippen molar-refractivity contribution in [3.63, 3.8) is 0 Å². The largest absolute Gasteiger partial charge is 0.352 e. The van der Waals surface area contributed by atoms with Gasteiger partial charge in [-0.15, -0.1) is 0 Å². The van der Waals surface area contributed by atoms with Crippen molar-refractivity contribution >= 4 is 40.7 Å². The van der Waals surface area contributed by atoms with Gasteiger partial charge in [-0.3, -0.25) is 14.4 Å². The van der Waals surface area contributed by atoms with Gasteiger partial charge in [-0.1, -0.05) is 36.7 Å². The molecule has 1 saturated heterocycles. The van der Waals surface area contributed by atoms with Crippen molar-refractivity contribution in [1.82, 2.24) is 5.32 Å². The summed E-state index contributed by atoms with van der Waals surface area (Å²) in [6.07, 6.45) is 0.935. The monoisotopic (exact) mass is 413 g/mol. The molecule has 6 nitrogen and oxygen atoms in total. The maximum atomic E-state index is 12.8. The smallest absolute Gasteiger partial charge is 0.253 e. The van der Waals surface area contributed by atoms with Gasteiger partial charge in [0.25, 0.3) is 5.91 Å². The highest BCUT2D eigenvalue weighted by Crippen LogP contribution is 2.29. The fourth-order valence-corrected chi connectivity index (χ4v) is 3.42. The first-order valence-corrected chi connectivity index (χ1v) is 10.0. The molecule has 0 unspecified atom stereocenters. The minimum atomic E-state index is -0.505. The Morgan fingerprint density at radius 1 is 1.21 bits per heavy atom. The number of anilines is 2. The lowest BCUT2D eigenvalue weighted by Crippen LogP contribution is -2.29. The number of hydrogen-bond donors (Lipinski definition) is 2. The fourth-order valence-electron chi connectivity index (χ4n) is 3.24.